The Labute approximate surface area is 106 Å². The lowest BCUT2D eigenvalue weighted by molar-refractivity contribution is 0.575. The summed E-state index contributed by atoms with van der Waals surface area (Å²) in [6.07, 6.45) is 0. The summed E-state index contributed by atoms with van der Waals surface area (Å²) in [5.74, 6) is 0.697. The van der Waals surface area contributed by atoms with Crippen LogP contribution >= 0.6 is 15.9 Å². The molecule has 0 radical (unpaired) electrons. The molecule has 1 aromatic carbocycles. The lowest BCUT2D eigenvalue weighted by Gasteiger charge is -2.19. The van der Waals surface area contributed by atoms with Gasteiger partial charge in [0.1, 0.15) is 0 Å². The van der Waals surface area contributed by atoms with Crippen molar-refractivity contribution in [2.75, 3.05) is 0 Å². The van der Waals surface area contributed by atoms with E-state index in [0.717, 1.165) is 4.47 Å². The van der Waals surface area contributed by atoms with Gasteiger partial charge in [-0.15, -0.1) is 0 Å². The topological polar surface area (TPSA) is 38.4 Å². The van der Waals surface area contributed by atoms with Crippen LogP contribution in [-0.2, 0) is 0 Å². The molecule has 3 heteroatoms. The molecule has 0 fully saturated rings. The first-order valence-electron chi connectivity index (χ1n) is 5.40. The SMILES string of the molecule is CC(N=C(N)C(C)(C)C)c1ccc(Br)cc1. The molecule has 0 aliphatic rings. The molecule has 1 rings (SSSR count). The Hall–Kier alpha value is -0.830. The Kier molecular flexibility index (Phi) is 4.14. The standard InChI is InChI=1S/C13H19BrN2/c1-9(16-12(15)13(2,3)4)10-5-7-11(14)8-6-10/h5-9H,1-4H3,(H2,15,16). The van der Waals surface area contributed by atoms with Gasteiger partial charge in [0, 0.05) is 9.89 Å². The van der Waals surface area contributed by atoms with Crippen molar-refractivity contribution in [3.05, 3.63) is 34.3 Å². The summed E-state index contributed by atoms with van der Waals surface area (Å²) in [5, 5.41) is 0. The third-order valence-electron chi connectivity index (χ3n) is 2.45. The number of nitrogens with zero attached hydrogens (tertiary/aromatic N) is 1. The predicted molar refractivity (Wildman–Crippen MR) is 73.6 cm³/mol. The Morgan fingerprint density at radius 1 is 1.25 bits per heavy atom. The van der Waals surface area contributed by atoms with E-state index in [1.165, 1.54) is 5.56 Å². The third kappa shape index (κ3) is 3.63. The Morgan fingerprint density at radius 3 is 2.19 bits per heavy atom. The number of nitrogens with two attached hydrogens (primary N) is 1. The molecule has 0 saturated heterocycles. The molecule has 0 amide bonds. The summed E-state index contributed by atoms with van der Waals surface area (Å²) >= 11 is 3.42. The number of hydrogen-bond donors (Lipinski definition) is 1. The maximum absolute atomic E-state index is 5.96. The average Bonchev–Trinajstić information content (AvgIpc) is 2.17. The van der Waals surface area contributed by atoms with Gasteiger partial charge in [-0.3, -0.25) is 4.99 Å². The molecule has 0 aliphatic heterocycles. The van der Waals surface area contributed by atoms with E-state index in [9.17, 15) is 0 Å². The Bertz CT molecular complexity index is 374. The van der Waals surface area contributed by atoms with E-state index < -0.39 is 0 Å². The fourth-order valence-corrected chi connectivity index (χ4v) is 1.48. The highest BCUT2D eigenvalue weighted by atomic mass is 79.9. The third-order valence-corrected chi connectivity index (χ3v) is 2.98. The van der Waals surface area contributed by atoms with Gasteiger partial charge in [-0.25, -0.2) is 0 Å². The van der Waals surface area contributed by atoms with Crippen LogP contribution in [0, 0.1) is 5.41 Å². The van der Waals surface area contributed by atoms with Gasteiger partial charge in [0.15, 0.2) is 0 Å². The summed E-state index contributed by atoms with van der Waals surface area (Å²) in [5.41, 5.74) is 7.07. The number of benzene rings is 1. The molecule has 2 nitrogen and oxygen atoms in total. The second kappa shape index (κ2) is 5.00. The van der Waals surface area contributed by atoms with E-state index in [4.69, 9.17) is 5.73 Å². The van der Waals surface area contributed by atoms with Crippen molar-refractivity contribution in [2.45, 2.75) is 33.7 Å². The average molecular weight is 283 g/mol. The minimum absolute atomic E-state index is 0.0658. The maximum Gasteiger partial charge on any atom is 0.0998 e. The molecule has 1 atom stereocenters. The van der Waals surface area contributed by atoms with E-state index in [-0.39, 0.29) is 11.5 Å². The molecule has 0 aromatic heterocycles. The van der Waals surface area contributed by atoms with E-state index in [2.05, 4.69) is 60.8 Å². The van der Waals surface area contributed by atoms with Crippen LogP contribution in [0.2, 0.25) is 0 Å². The van der Waals surface area contributed by atoms with Crippen molar-refractivity contribution >= 4 is 21.8 Å². The van der Waals surface area contributed by atoms with Crippen LogP contribution in [0.5, 0.6) is 0 Å². The monoisotopic (exact) mass is 282 g/mol. The number of aliphatic imine (C=N–C) groups is 1. The van der Waals surface area contributed by atoms with Crippen LogP contribution in [0.1, 0.15) is 39.3 Å². The molecule has 0 heterocycles. The van der Waals surface area contributed by atoms with Gasteiger partial charge in [0.25, 0.3) is 0 Å². The fourth-order valence-electron chi connectivity index (χ4n) is 1.22. The van der Waals surface area contributed by atoms with Gasteiger partial charge in [-0.1, -0.05) is 48.8 Å². The molecule has 88 valence electrons. The second-order valence-electron chi connectivity index (χ2n) is 4.99. The van der Waals surface area contributed by atoms with Crippen LogP contribution in [0.25, 0.3) is 0 Å². The van der Waals surface area contributed by atoms with Crippen molar-refractivity contribution in [3.8, 4) is 0 Å². The largest absolute Gasteiger partial charge is 0.387 e. The van der Waals surface area contributed by atoms with Gasteiger partial charge in [0.2, 0.25) is 0 Å². The zero-order valence-corrected chi connectivity index (χ0v) is 11.9. The zero-order valence-electron chi connectivity index (χ0n) is 10.3. The minimum Gasteiger partial charge on any atom is -0.387 e. The zero-order chi connectivity index (χ0) is 12.3. The van der Waals surface area contributed by atoms with Gasteiger partial charge in [-0.2, -0.15) is 0 Å². The first-order chi connectivity index (χ1) is 7.30. The van der Waals surface area contributed by atoms with Crippen molar-refractivity contribution in [2.24, 2.45) is 16.1 Å². The summed E-state index contributed by atoms with van der Waals surface area (Å²) in [4.78, 5) is 4.53. The molecule has 0 saturated carbocycles. The molecule has 0 spiro atoms. The van der Waals surface area contributed by atoms with Gasteiger partial charge >= 0.3 is 0 Å². The molecular formula is C13H19BrN2. The smallest absolute Gasteiger partial charge is 0.0998 e. The molecule has 2 N–H and O–H groups in total. The summed E-state index contributed by atoms with van der Waals surface area (Å²) in [6, 6.07) is 8.28. The normalized spacial score (nSPS) is 14.9. The fraction of sp³-hybridized carbons (Fsp3) is 0.462. The van der Waals surface area contributed by atoms with Gasteiger partial charge in [0.05, 0.1) is 11.9 Å². The molecule has 1 aromatic rings. The van der Waals surface area contributed by atoms with E-state index >= 15 is 0 Å². The van der Waals surface area contributed by atoms with Crippen LogP contribution in [0.4, 0.5) is 0 Å². The lowest BCUT2D eigenvalue weighted by atomic mass is 9.95. The summed E-state index contributed by atoms with van der Waals surface area (Å²) in [6.45, 7) is 8.27. The first-order valence-corrected chi connectivity index (χ1v) is 6.19. The minimum atomic E-state index is -0.0658. The van der Waals surface area contributed by atoms with Crippen LogP contribution < -0.4 is 5.73 Å². The molecule has 16 heavy (non-hydrogen) atoms. The van der Waals surface area contributed by atoms with Crippen molar-refractivity contribution < 1.29 is 0 Å². The van der Waals surface area contributed by atoms with Crippen LogP contribution in [-0.4, -0.2) is 5.84 Å². The van der Waals surface area contributed by atoms with E-state index in [1.54, 1.807) is 0 Å². The quantitative estimate of drug-likeness (QED) is 0.648. The molecule has 0 bridgehead atoms. The Balaban J connectivity index is 2.87. The van der Waals surface area contributed by atoms with Crippen molar-refractivity contribution in [1.82, 2.24) is 0 Å². The molecular weight excluding hydrogens is 264 g/mol. The highest BCUT2D eigenvalue weighted by Crippen LogP contribution is 2.22. The Morgan fingerprint density at radius 2 is 1.75 bits per heavy atom. The maximum atomic E-state index is 5.96. The lowest BCUT2D eigenvalue weighted by Crippen LogP contribution is -2.29. The van der Waals surface area contributed by atoms with Crippen LogP contribution in [0.3, 0.4) is 0 Å². The van der Waals surface area contributed by atoms with E-state index in [1.807, 2.05) is 12.1 Å². The molecule has 1 unspecified atom stereocenters. The predicted octanol–water partition coefficient (Wildman–Crippen LogP) is 3.91. The number of hydrogen-bond acceptors (Lipinski definition) is 1. The van der Waals surface area contributed by atoms with Crippen LogP contribution in [0.15, 0.2) is 33.7 Å². The van der Waals surface area contributed by atoms with Crippen molar-refractivity contribution in [3.63, 3.8) is 0 Å². The van der Waals surface area contributed by atoms with Crippen molar-refractivity contribution in [1.29, 1.82) is 0 Å². The summed E-state index contributed by atoms with van der Waals surface area (Å²) in [7, 11) is 0. The summed E-state index contributed by atoms with van der Waals surface area (Å²) < 4.78 is 1.08. The number of rotatable bonds is 2. The van der Waals surface area contributed by atoms with Gasteiger partial charge in [-0.05, 0) is 24.6 Å². The highest BCUT2D eigenvalue weighted by Gasteiger charge is 2.16. The van der Waals surface area contributed by atoms with Gasteiger partial charge < -0.3 is 5.73 Å². The highest BCUT2D eigenvalue weighted by molar-refractivity contribution is 9.10. The molecule has 0 aliphatic carbocycles. The van der Waals surface area contributed by atoms with E-state index in [0.29, 0.717) is 5.84 Å². The number of halogens is 1. The first kappa shape index (κ1) is 13.2. The second-order valence-corrected chi connectivity index (χ2v) is 5.91. The number of amidine groups is 1.